The lowest BCUT2D eigenvalue weighted by atomic mass is 9.92. The molecule has 0 N–H and O–H groups in total. The van der Waals surface area contributed by atoms with Gasteiger partial charge in [-0.3, -0.25) is 0 Å². The molecule has 1 heterocycles. The third-order valence-corrected chi connectivity index (χ3v) is 5.49. The standard InChI is InChI=1S/C25H32F2O3/c1-3-5-6-18-7-9-19(10-8-18)16-29-23-14-11-20(17-30-23)21-12-13-22(28-15-4-2)25(27)24(21)26/h7-10,12-13,20,23H,3-6,11,14-17H2,1-2H3. The van der Waals surface area contributed by atoms with Gasteiger partial charge < -0.3 is 14.2 Å². The average Bonchev–Trinajstić information content (AvgIpc) is 2.78. The highest BCUT2D eigenvalue weighted by atomic mass is 19.2. The number of aryl methyl sites for hydroxylation is 1. The predicted octanol–water partition coefficient (Wildman–Crippen LogP) is 6.53. The van der Waals surface area contributed by atoms with Crippen molar-refractivity contribution < 1.29 is 23.0 Å². The first-order valence-corrected chi connectivity index (χ1v) is 11.0. The summed E-state index contributed by atoms with van der Waals surface area (Å²) in [6.07, 6.45) is 5.25. The van der Waals surface area contributed by atoms with Gasteiger partial charge in [0.15, 0.2) is 17.9 Å². The van der Waals surface area contributed by atoms with Gasteiger partial charge in [-0.2, -0.15) is 4.39 Å². The maximum Gasteiger partial charge on any atom is 0.200 e. The normalized spacial score (nSPS) is 19.1. The Morgan fingerprint density at radius 1 is 0.933 bits per heavy atom. The summed E-state index contributed by atoms with van der Waals surface area (Å²) in [4.78, 5) is 0. The molecule has 0 spiro atoms. The van der Waals surface area contributed by atoms with E-state index in [9.17, 15) is 8.78 Å². The van der Waals surface area contributed by atoms with Crippen LogP contribution in [0.1, 0.15) is 68.6 Å². The number of unbranched alkanes of at least 4 members (excludes halogenated alkanes) is 1. The molecule has 2 aromatic carbocycles. The van der Waals surface area contributed by atoms with E-state index >= 15 is 0 Å². The summed E-state index contributed by atoms with van der Waals surface area (Å²) in [5.41, 5.74) is 2.80. The van der Waals surface area contributed by atoms with Crippen molar-refractivity contribution in [3.63, 3.8) is 0 Å². The van der Waals surface area contributed by atoms with Crippen LogP contribution in [0.25, 0.3) is 0 Å². The van der Waals surface area contributed by atoms with Crippen molar-refractivity contribution in [1.29, 1.82) is 0 Å². The number of benzene rings is 2. The SMILES string of the molecule is CCCCc1ccc(COC2CCC(c3ccc(OCCC)c(F)c3F)CO2)cc1. The van der Waals surface area contributed by atoms with Crippen molar-refractivity contribution in [1.82, 2.24) is 0 Å². The maximum absolute atomic E-state index is 14.5. The molecule has 2 atom stereocenters. The Bertz CT molecular complexity index is 784. The number of hydrogen-bond donors (Lipinski definition) is 0. The molecule has 1 aliphatic rings. The highest BCUT2D eigenvalue weighted by molar-refractivity contribution is 5.33. The van der Waals surface area contributed by atoms with E-state index < -0.39 is 11.6 Å². The van der Waals surface area contributed by atoms with E-state index in [1.165, 1.54) is 24.5 Å². The second kappa shape index (κ2) is 11.4. The average molecular weight is 419 g/mol. The van der Waals surface area contributed by atoms with Crippen molar-refractivity contribution in [3.05, 3.63) is 64.7 Å². The molecule has 1 saturated heterocycles. The molecular formula is C25H32F2O3. The van der Waals surface area contributed by atoms with Gasteiger partial charge >= 0.3 is 0 Å². The van der Waals surface area contributed by atoms with Crippen LogP contribution in [-0.4, -0.2) is 19.5 Å². The van der Waals surface area contributed by atoms with Gasteiger partial charge in [-0.1, -0.05) is 50.6 Å². The lowest BCUT2D eigenvalue weighted by Gasteiger charge is -2.29. The summed E-state index contributed by atoms with van der Waals surface area (Å²) in [6, 6.07) is 11.6. The van der Waals surface area contributed by atoms with Crippen LogP contribution in [0.3, 0.4) is 0 Å². The third kappa shape index (κ3) is 6.02. The van der Waals surface area contributed by atoms with Crippen molar-refractivity contribution in [2.45, 2.75) is 71.2 Å². The zero-order valence-corrected chi connectivity index (χ0v) is 18.0. The Balaban J connectivity index is 1.48. The molecular weight excluding hydrogens is 386 g/mol. The second-order valence-corrected chi connectivity index (χ2v) is 7.90. The molecule has 0 amide bonds. The first-order valence-electron chi connectivity index (χ1n) is 11.0. The van der Waals surface area contributed by atoms with Crippen LogP contribution in [0.2, 0.25) is 0 Å². The van der Waals surface area contributed by atoms with E-state index in [1.54, 1.807) is 6.07 Å². The summed E-state index contributed by atoms with van der Waals surface area (Å²) in [6.45, 7) is 5.27. The second-order valence-electron chi connectivity index (χ2n) is 7.90. The summed E-state index contributed by atoms with van der Waals surface area (Å²) in [5.74, 6) is -1.96. The highest BCUT2D eigenvalue weighted by Crippen LogP contribution is 2.34. The number of ether oxygens (including phenoxy) is 3. The van der Waals surface area contributed by atoms with Crippen molar-refractivity contribution >= 4 is 0 Å². The number of halogens is 2. The first kappa shape index (κ1) is 22.7. The molecule has 164 valence electrons. The van der Waals surface area contributed by atoms with Gasteiger partial charge in [0, 0.05) is 5.92 Å². The van der Waals surface area contributed by atoms with Crippen LogP contribution < -0.4 is 4.74 Å². The van der Waals surface area contributed by atoms with Crippen LogP contribution in [0.4, 0.5) is 8.78 Å². The van der Waals surface area contributed by atoms with Crippen molar-refractivity contribution in [2.75, 3.05) is 13.2 Å². The molecule has 2 unspecified atom stereocenters. The molecule has 0 bridgehead atoms. The zero-order chi connectivity index (χ0) is 21.3. The Labute approximate surface area is 178 Å². The Morgan fingerprint density at radius 2 is 1.70 bits per heavy atom. The van der Waals surface area contributed by atoms with Gasteiger partial charge in [0.1, 0.15) is 0 Å². The molecule has 0 aliphatic carbocycles. The van der Waals surface area contributed by atoms with E-state index in [4.69, 9.17) is 14.2 Å². The minimum absolute atomic E-state index is 0.0308. The molecule has 0 radical (unpaired) electrons. The molecule has 1 aliphatic heterocycles. The highest BCUT2D eigenvalue weighted by Gasteiger charge is 2.27. The fourth-order valence-corrected chi connectivity index (χ4v) is 3.66. The quantitative estimate of drug-likeness (QED) is 0.439. The Hall–Kier alpha value is -1.98. The monoisotopic (exact) mass is 418 g/mol. The lowest BCUT2D eigenvalue weighted by Crippen LogP contribution is -2.27. The largest absolute Gasteiger partial charge is 0.490 e. The van der Waals surface area contributed by atoms with E-state index in [0.29, 0.717) is 38.2 Å². The van der Waals surface area contributed by atoms with E-state index in [1.807, 2.05) is 6.92 Å². The third-order valence-electron chi connectivity index (χ3n) is 5.49. The molecule has 3 rings (SSSR count). The van der Waals surface area contributed by atoms with Crippen molar-refractivity contribution in [3.8, 4) is 5.75 Å². The number of rotatable bonds is 10. The molecule has 5 heteroatoms. The van der Waals surface area contributed by atoms with Gasteiger partial charge in [-0.15, -0.1) is 0 Å². The van der Waals surface area contributed by atoms with Crippen molar-refractivity contribution in [2.24, 2.45) is 0 Å². The minimum Gasteiger partial charge on any atom is -0.490 e. The molecule has 30 heavy (non-hydrogen) atoms. The van der Waals surface area contributed by atoms with Crippen LogP contribution in [0.5, 0.6) is 5.75 Å². The molecule has 2 aromatic rings. The Morgan fingerprint density at radius 3 is 2.37 bits per heavy atom. The van der Waals surface area contributed by atoms with E-state index in [2.05, 4.69) is 31.2 Å². The number of hydrogen-bond acceptors (Lipinski definition) is 3. The van der Waals surface area contributed by atoms with E-state index in [-0.39, 0.29) is 18.0 Å². The van der Waals surface area contributed by atoms with Gasteiger partial charge in [0.25, 0.3) is 0 Å². The summed E-state index contributed by atoms with van der Waals surface area (Å²) < 4.78 is 45.7. The first-order chi connectivity index (χ1) is 14.6. The van der Waals surface area contributed by atoms with Gasteiger partial charge in [-0.05, 0) is 54.9 Å². The molecule has 0 saturated carbocycles. The fraction of sp³-hybridized carbons (Fsp3) is 0.520. The molecule has 3 nitrogen and oxygen atoms in total. The summed E-state index contributed by atoms with van der Waals surface area (Å²) in [5, 5.41) is 0. The van der Waals surface area contributed by atoms with Gasteiger partial charge in [0.05, 0.1) is 19.8 Å². The molecule has 1 fully saturated rings. The van der Waals surface area contributed by atoms with Crippen LogP contribution >= 0.6 is 0 Å². The fourth-order valence-electron chi connectivity index (χ4n) is 3.66. The van der Waals surface area contributed by atoms with Crippen LogP contribution in [0.15, 0.2) is 36.4 Å². The van der Waals surface area contributed by atoms with Crippen LogP contribution in [-0.2, 0) is 22.5 Å². The van der Waals surface area contributed by atoms with Gasteiger partial charge in [-0.25, -0.2) is 4.39 Å². The van der Waals surface area contributed by atoms with Crippen LogP contribution in [0, 0.1) is 11.6 Å². The Kier molecular flexibility index (Phi) is 8.64. The maximum atomic E-state index is 14.5. The molecule has 0 aromatic heterocycles. The zero-order valence-electron chi connectivity index (χ0n) is 18.0. The lowest BCUT2D eigenvalue weighted by molar-refractivity contribution is -0.173. The summed E-state index contributed by atoms with van der Waals surface area (Å²) in [7, 11) is 0. The summed E-state index contributed by atoms with van der Waals surface area (Å²) >= 11 is 0. The minimum atomic E-state index is -0.915. The van der Waals surface area contributed by atoms with Gasteiger partial charge in [0.2, 0.25) is 5.82 Å². The van der Waals surface area contributed by atoms with E-state index in [0.717, 1.165) is 18.4 Å². The topological polar surface area (TPSA) is 27.7 Å². The predicted molar refractivity (Wildman–Crippen MR) is 114 cm³/mol. The smallest absolute Gasteiger partial charge is 0.200 e.